The van der Waals surface area contributed by atoms with E-state index in [0.29, 0.717) is 22.0 Å². The number of hydrogen-bond acceptors (Lipinski definition) is 5. The molecule has 25 heavy (non-hydrogen) atoms. The number of nitrogens with zero attached hydrogens (tertiary/aromatic N) is 1. The highest BCUT2D eigenvalue weighted by Crippen LogP contribution is 2.26. The van der Waals surface area contributed by atoms with Crippen molar-refractivity contribution in [1.82, 2.24) is 5.43 Å². The van der Waals surface area contributed by atoms with Gasteiger partial charge in [0.2, 0.25) is 0 Å². The van der Waals surface area contributed by atoms with Gasteiger partial charge in [-0.15, -0.1) is 0 Å². The lowest BCUT2D eigenvalue weighted by Crippen LogP contribution is -2.33. The zero-order valence-electron chi connectivity index (χ0n) is 13.5. The Bertz CT molecular complexity index is 836. The Labute approximate surface area is 149 Å². The first-order chi connectivity index (χ1) is 11.9. The SMILES string of the molecule is COc1cc(C(C)=NNC(=O)C(=O)Nc2ccccc2Cl)ccc1O. The first-order valence-corrected chi connectivity index (χ1v) is 7.57. The maximum atomic E-state index is 11.9. The number of nitrogens with one attached hydrogen (secondary N) is 2. The van der Waals surface area contributed by atoms with Crippen LogP contribution in [-0.2, 0) is 9.59 Å². The Morgan fingerprint density at radius 2 is 1.88 bits per heavy atom. The number of phenolic OH excluding ortho intramolecular Hbond substituents is 1. The molecule has 0 aromatic heterocycles. The molecule has 8 heteroatoms. The lowest BCUT2D eigenvalue weighted by molar-refractivity contribution is -0.136. The molecule has 0 spiro atoms. The van der Waals surface area contributed by atoms with Crippen molar-refractivity contribution in [3.63, 3.8) is 0 Å². The van der Waals surface area contributed by atoms with Gasteiger partial charge in [-0.1, -0.05) is 23.7 Å². The maximum absolute atomic E-state index is 11.9. The van der Waals surface area contributed by atoms with Crippen LogP contribution in [0.4, 0.5) is 5.69 Å². The highest BCUT2D eigenvalue weighted by atomic mass is 35.5. The van der Waals surface area contributed by atoms with Crippen LogP contribution >= 0.6 is 11.6 Å². The van der Waals surface area contributed by atoms with Gasteiger partial charge in [0.15, 0.2) is 11.5 Å². The molecular formula is C17H16ClN3O4. The highest BCUT2D eigenvalue weighted by molar-refractivity contribution is 6.41. The molecule has 0 saturated heterocycles. The Balaban J connectivity index is 2.03. The molecule has 2 aromatic rings. The Kier molecular flexibility index (Phi) is 5.97. The first-order valence-electron chi connectivity index (χ1n) is 7.20. The number of para-hydroxylation sites is 1. The second kappa shape index (κ2) is 8.16. The molecule has 2 rings (SSSR count). The van der Waals surface area contributed by atoms with Crippen LogP contribution in [0.5, 0.6) is 11.5 Å². The number of amides is 2. The zero-order chi connectivity index (χ0) is 18.4. The molecule has 0 atom stereocenters. The minimum absolute atomic E-state index is 0.0118. The number of methoxy groups -OCH3 is 1. The molecule has 0 saturated carbocycles. The predicted octanol–water partition coefficient (Wildman–Crippen LogP) is 2.53. The Morgan fingerprint density at radius 3 is 2.56 bits per heavy atom. The van der Waals surface area contributed by atoms with Gasteiger partial charge < -0.3 is 15.2 Å². The van der Waals surface area contributed by atoms with Crippen molar-refractivity contribution in [3.05, 3.63) is 53.1 Å². The largest absolute Gasteiger partial charge is 0.504 e. The summed E-state index contributed by atoms with van der Waals surface area (Å²) < 4.78 is 5.01. The van der Waals surface area contributed by atoms with Crippen molar-refractivity contribution in [3.8, 4) is 11.5 Å². The number of halogens is 1. The van der Waals surface area contributed by atoms with Crippen molar-refractivity contribution in [2.75, 3.05) is 12.4 Å². The number of anilines is 1. The zero-order valence-corrected chi connectivity index (χ0v) is 14.3. The molecule has 0 aliphatic carbocycles. The van der Waals surface area contributed by atoms with Gasteiger partial charge in [0, 0.05) is 5.56 Å². The van der Waals surface area contributed by atoms with E-state index < -0.39 is 11.8 Å². The number of hydrazone groups is 1. The van der Waals surface area contributed by atoms with Crippen LogP contribution in [0.2, 0.25) is 5.02 Å². The van der Waals surface area contributed by atoms with Crippen LogP contribution in [0.25, 0.3) is 0 Å². The van der Waals surface area contributed by atoms with E-state index >= 15 is 0 Å². The third-order valence-corrected chi connectivity index (χ3v) is 3.58. The smallest absolute Gasteiger partial charge is 0.329 e. The molecule has 0 fully saturated rings. The van der Waals surface area contributed by atoms with Gasteiger partial charge in [0.1, 0.15) is 0 Å². The molecule has 130 valence electrons. The van der Waals surface area contributed by atoms with E-state index in [0.717, 1.165) is 0 Å². The average molecular weight is 362 g/mol. The summed E-state index contributed by atoms with van der Waals surface area (Å²) in [6.07, 6.45) is 0. The van der Waals surface area contributed by atoms with Crippen LogP contribution in [0.1, 0.15) is 12.5 Å². The molecular weight excluding hydrogens is 346 g/mol. The van der Waals surface area contributed by atoms with E-state index in [4.69, 9.17) is 16.3 Å². The summed E-state index contributed by atoms with van der Waals surface area (Å²) >= 11 is 5.92. The molecule has 2 aromatic carbocycles. The third kappa shape index (κ3) is 4.71. The van der Waals surface area contributed by atoms with Crippen molar-refractivity contribution < 1.29 is 19.4 Å². The third-order valence-electron chi connectivity index (χ3n) is 3.25. The van der Waals surface area contributed by atoms with Gasteiger partial charge in [-0.05, 0) is 37.3 Å². The molecule has 0 aliphatic rings. The molecule has 0 aliphatic heterocycles. The predicted molar refractivity (Wildman–Crippen MR) is 95.1 cm³/mol. The standard InChI is InChI=1S/C17H16ClN3O4/c1-10(11-7-8-14(22)15(9-11)25-2)20-21-17(24)16(23)19-13-6-4-3-5-12(13)18/h3-9,22H,1-2H3,(H,19,23)(H,21,24). The number of carbonyl (C=O) groups excluding carboxylic acids is 2. The van der Waals surface area contributed by atoms with E-state index in [1.54, 1.807) is 43.3 Å². The van der Waals surface area contributed by atoms with Gasteiger partial charge in [-0.25, -0.2) is 5.43 Å². The highest BCUT2D eigenvalue weighted by Gasteiger charge is 2.14. The first kappa shape index (κ1) is 18.3. The number of phenols is 1. The number of carbonyl (C=O) groups is 2. The molecule has 3 N–H and O–H groups in total. The normalized spacial score (nSPS) is 10.9. The summed E-state index contributed by atoms with van der Waals surface area (Å²) in [5.41, 5.74) is 3.53. The number of hydrogen-bond donors (Lipinski definition) is 3. The van der Waals surface area contributed by atoms with Crippen LogP contribution < -0.4 is 15.5 Å². The van der Waals surface area contributed by atoms with E-state index in [-0.39, 0.29) is 11.5 Å². The van der Waals surface area contributed by atoms with E-state index in [9.17, 15) is 14.7 Å². The van der Waals surface area contributed by atoms with Crippen LogP contribution in [-0.4, -0.2) is 29.7 Å². The lowest BCUT2D eigenvalue weighted by Gasteiger charge is -2.07. The summed E-state index contributed by atoms with van der Waals surface area (Å²) in [6, 6.07) is 11.2. The molecule has 0 unspecified atom stereocenters. The molecule has 2 amide bonds. The quantitative estimate of drug-likeness (QED) is 0.442. The minimum Gasteiger partial charge on any atom is -0.504 e. The average Bonchev–Trinajstić information content (AvgIpc) is 2.61. The topological polar surface area (TPSA) is 100 Å². The molecule has 7 nitrogen and oxygen atoms in total. The van der Waals surface area contributed by atoms with Crippen molar-refractivity contribution in [1.29, 1.82) is 0 Å². The van der Waals surface area contributed by atoms with Crippen LogP contribution in [0.15, 0.2) is 47.6 Å². The Morgan fingerprint density at radius 1 is 1.16 bits per heavy atom. The second-order valence-corrected chi connectivity index (χ2v) is 5.37. The van der Waals surface area contributed by atoms with E-state index in [2.05, 4.69) is 15.8 Å². The maximum Gasteiger partial charge on any atom is 0.329 e. The summed E-state index contributed by atoms with van der Waals surface area (Å²) in [6.45, 7) is 1.64. The van der Waals surface area contributed by atoms with Crippen molar-refractivity contribution in [2.24, 2.45) is 5.10 Å². The number of ether oxygens (including phenoxy) is 1. The second-order valence-electron chi connectivity index (χ2n) is 4.96. The van der Waals surface area contributed by atoms with Gasteiger partial charge in [-0.3, -0.25) is 9.59 Å². The number of aromatic hydroxyl groups is 1. The van der Waals surface area contributed by atoms with Gasteiger partial charge in [0.05, 0.1) is 23.5 Å². The number of rotatable bonds is 4. The fourth-order valence-electron chi connectivity index (χ4n) is 1.89. The fraction of sp³-hybridized carbons (Fsp3) is 0.118. The molecule has 0 radical (unpaired) electrons. The molecule has 0 bridgehead atoms. The van der Waals surface area contributed by atoms with Gasteiger partial charge in [0.25, 0.3) is 0 Å². The summed E-state index contributed by atoms with van der Waals surface area (Å²) in [5, 5.41) is 16.2. The molecule has 0 heterocycles. The summed E-state index contributed by atoms with van der Waals surface area (Å²) in [5.74, 6) is -1.57. The van der Waals surface area contributed by atoms with Gasteiger partial charge in [-0.2, -0.15) is 5.10 Å². The Hall–Kier alpha value is -3.06. The van der Waals surface area contributed by atoms with E-state index in [1.807, 2.05) is 0 Å². The van der Waals surface area contributed by atoms with E-state index in [1.165, 1.54) is 13.2 Å². The lowest BCUT2D eigenvalue weighted by atomic mass is 10.1. The van der Waals surface area contributed by atoms with Gasteiger partial charge >= 0.3 is 11.8 Å². The summed E-state index contributed by atoms with van der Waals surface area (Å²) in [7, 11) is 1.42. The monoisotopic (exact) mass is 361 g/mol. The van der Waals surface area contributed by atoms with Crippen LogP contribution in [0.3, 0.4) is 0 Å². The van der Waals surface area contributed by atoms with Crippen molar-refractivity contribution >= 4 is 34.8 Å². The number of benzene rings is 2. The fourth-order valence-corrected chi connectivity index (χ4v) is 2.08. The van der Waals surface area contributed by atoms with Crippen LogP contribution in [0, 0.1) is 0 Å². The van der Waals surface area contributed by atoms with Crippen molar-refractivity contribution in [2.45, 2.75) is 6.92 Å². The summed E-state index contributed by atoms with van der Waals surface area (Å²) in [4.78, 5) is 23.7. The minimum atomic E-state index is -0.940.